The topological polar surface area (TPSA) is 21.6 Å². The third-order valence-electron chi connectivity index (χ3n) is 1.42. The van der Waals surface area contributed by atoms with Gasteiger partial charge in [0.05, 0.1) is 7.11 Å². The summed E-state index contributed by atoms with van der Waals surface area (Å²) in [5.74, 6) is 0.793. The maximum absolute atomic E-state index is 4.99. The van der Waals surface area contributed by atoms with Crippen LogP contribution in [0.4, 0.5) is 0 Å². The van der Waals surface area contributed by atoms with Crippen LogP contribution < -0.4 is 0 Å². The molecule has 0 amide bonds. The summed E-state index contributed by atoms with van der Waals surface area (Å²) in [6, 6.07) is 0. The number of methoxy groups -OCH3 is 1. The molecule has 1 aliphatic rings. The summed E-state index contributed by atoms with van der Waals surface area (Å²) in [6.45, 7) is 6.05. The van der Waals surface area contributed by atoms with Crippen molar-refractivity contribution in [2.24, 2.45) is 4.99 Å². The van der Waals surface area contributed by atoms with Crippen molar-refractivity contribution in [3.05, 3.63) is 11.5 Å². The predicted molar refractivity (Wildman–Crippen MR) is 48.8 cm³/mol. The first-order valence-corrected chi connectivity index (χ1v) is 4.11. The molecule has 0 fully saturated rings. The van der Waals surface area contributed by atoms with Crippen LogP contribution >= 0.6 is 0 Å². The summed E-state index contributed by atoms with van der Waals surface area (Å²) >= 11 is 0. The van der Waals surface area contributed by atoms with Gasteiger partial charge in [-0.15, -0.1) is 0 Å². The van der Waals surface area contributed by atoms with E-state index in [2.05, 4.69) is 11.9 Å². The standard InChI is InChI=1S/C7H11NO.C2H6/c1-6-4-3-5-8-7(6)9-2;1-2/h5H,3-4H2,1-2H3;1-2H3. The third kappa shape index (κ3) is 3.21. The Bertz CT molecular complexity index is 159. The van der Waals surface area contributed by atoms with Crippen LogP contribution in [-0.4, -0.2) is 13.3 Å². The highest BCUT2D eigenvalue weighted by Crippen LogP contribution is 2.15. The van der Waals surface area contributed by atoms with Gasteiger partial charge in [-0.1, -0.05) is 13.8 Å². The molecule has 1 aliphatic heterocycles. The molecule has 0 aromatic carbocycles. The molecule has 11 heavy (non-hydrogen) atoms. The molecule has 0 saturated heterocycles. The van der Waals surface area contributed by atoms with E-state index in [1.807, 2.05) is 20.1 Å². The summed E-state index contributed by atoms with van der Waals surface area (Å²) in [7, 11) is 1.65. The van der Waals surface area contributed by atoms with Crippen molar-refractivity contribution in [1.29, 1.82) is 0 Å². The Kier molecular flexibility index (Phi) is 5.53. The van der Waals surface area contributed by atoms with Gasteiger partial charge in [0.15, 0.2) is 0 Å². The minimum Gasteiger partial charge on any atom is -0.481 e. The van der Waals surface area contributed by atoms with E-state index in [4.69, 9.17) is 4.74 Å². The first kappa shape index (κ1) is 10.2. The van der Waals surface area contributed by atoms with Crippen molar-refractivity contribution in [3.63, 3.8) is 0 Å². The van der Waals surface area contributed by atoms with Gasteiger partial charge in [-0.2, -0.15) is 0 Å². The Morgan fingerprint density at radius 3 is 2.45 bits per heavy atom. The van der Waals surface area contributed by atoms with Crippen LogP contribution in [0.5, 0.6) is 0 Å². The van der Waals surface area contributed by atoms with Gasteiger partial charge >= 0.3 is 0 Å². The SMILES string of the molecule is CC.COC1=C(C)CCC=N1. The molecule has 0 unspecified atom stereocenters. The minimum atomic E-state index is 0.793. The van der Waals surface area contributed by atoms with Crippen molar-refractivity contribution in [2.75, 3.05) is 7.11 Å². The van der Waals surface area contributed by atoms with Gasteiger partial charge in [0, 0.05) is 6.21 Å². The fraction of sp³-hybridized carbons (Fsp3) is 0.667. The average Bonchev–Trinajstić information content (AvgIpc) is 2.09. The molecule has 2 nitrogen and oxygen atoms in total. The molecule has 0 atom stereocenters. The second-order valence-corrected chi connectivity index (χ2v) is 2.14. The molecule has 0 bridgehead atoms. The number of aliphatic imine (C=N–C) groups is 1. The quantitative estimate of drug-likeness (QED) is 0.570. The molecule has 1 rings (SSSR count). The average molecular weight is 155 g/mol. The predicted octanol–water partition coefficient (Wildman–Crippen LogP) is 2.76. The van der Waals surface area contributed by atoms with E-state index in [0.717, 1.165) is 18.7 Å². The van der Waals surface area contributed by atoms with Crippen LogP contribution in [0.15, 0.2) is 16.4 Å². The molecule has 0 saturated carbocycles. The lowest BCUT2D eigenvalue weighted by Crippen LogP contribution is -1.95. The summed E-state index contributed by atoms with van der Waals surface area (Å²) in [5.41, 5.74) is 1.25. The van der Waals surface area contributed by atoms with Crippen molar-refractivity contribution in [2.45, 2.75) is 33.6 Å². The molecule has 0 radical (unpaired) electrons. The fourth-order valence-electron chi connectivity index (χ4n) is 0.873. The first-order valence-electron chi connectivity index (χ1n) is 4.11. The zero-order valence-corrected chi connectivity index (χ0v) is 7.85. The number of hydrogen-bond acceptors (Lipinski definition) is 2. The minimum absolute atomic E-state index is 0.793. The van der Waals surface area contributed by atoms with E-state index < -0.39 is 0 Å². The van der Waals surface area contributed by atoms with Crippen LogP contribution in [0.3, 0.4) is 0 Å². The molecule has 0 spiro atoms. The van der Waals surface area contributed by atoms with E-state index in [9.17, 15) is 0 Å². The number of allylic oxidation sites excluding steroid dienone is 1. The summed E-state index contributed by atoms with van der Waals surface area (Å²) < 4.78 is 4.99. The van der Waals surface area contributed by atoms with Gasteiger partial charge in [-0.05, 0) is 25.3 Å². The van der Waals surface area contributed by atoms with Crippen molar-refractivity contribution < 1.29 is 4.74 Å². The van der Waals surface area contributed by atoms with Gasteiger partial charge in [-0.3, -0.25) is 0 Å². The number of ether oxygens (including phenoxy) is 1. The largest absolute Gasteiger partial charge is 0.481 e. The highest BCUT2D eigenvalue weighted by atomic mass is 16.5. The van der Waals surface area contributed by atoms with Crippen LogP contribution in [0.1, 0.15) is 33.6 Å². The number of hydrogen-bond donors (Lipinski definition) is 0. The molecule has 1 heterocycles. The summed E-state index contributed by atoms with van der Waals surface area (Å²) in [5, 5.41) is 0. The van der Waals surface area contributed by atoms with Crippen molar-refractivity contribution in [3.8, 4) is 0 Å². The highest BCUT2D eigenvalue weighted by molar-refractivity contribution is 5.60. The maximum atomic E-state index is 4.99. The van der Waals surface area contributed by atoms with E-state index in [1.165, 1.54) is 5.57 Å². The second-order valence-electron chi connectivity index (χ2n) is 2.14. The first-order chi connectivity index (χ1) is 5.34. The Labute approximate surface area is 69.0 Å². The summed E-state index contributed by atoms with van der Waals surface area (Å²) in [4.78, 5) is 4.06. The molecular weight excluding hydrogens is 138 g/mol. The molecule has 64 valence electrons. The van der Waals surface area contributed by atoms with Gasteiger partial charge in [-0.25, -0.2) is 4.99 Å². The zero-order valence-electron chi connectivity index (χ0n) is 7.85. The van der Waals surface area contributed by atoms with Crippen LogP contribution in [0, 0.1) is 0 Å². The van der Waals surface area contributed by atoms with Crippen LogP contribution in [-0.2, 0) is 4.74 Å². The van der Waals surface area contributed by atoms with E-state index in [1.54, 1.807) is 7.11 Å². The highest BCUT2D eigenvalue weighted by Gasteiger charge is 2.03. The Hall–Kier alpha value is -0.790. The Balaban J connectivity index is 0.000000461. The van der Waals surface area contributed by atoms with E-state index in [-0.39, 0.29) is 0 Å². The van der Waals surface area contributed by atoms with Gasteiger partial charge in [0.1, 0.15) is 0 Å². The van der Waals surface area contributed by atoms with E-state index in [0.29, 0.717) is 0 Å². The van der Waals surface area contributed by atoms with Crippen LogP contribution in [0.25, 0.3) is 0 Å². The lowest BCUT2D eigenvalue weighted by molar-refractivity contribution is 0.281. The molecule has 0 aromatic heterocycles. The van der Waals surface area contributed by atoms with Gasteiger partial charge in [0.25, 0.3) is 0 Å². The van der Waals surface area contributed by atoms with E-state index >= 15 is 0 Å². The van der Waals surface area contributed by atoms with Crippen LogP contribution in [0.2, 0.25) is 0 Å². The molecular formula is C9H17NO. The fourth-order valence-corrected chi connectivity index (χ4v) is 0.873. The maximum Gasteiger partial charge on any atom is 0.211 e. The lowest BCUT2D eigenvalue weighted by atomic mass is 10.1. The molecule has 0 aromatic rings. The summed E-state index contributed by atoms with van der Waals surface area (Å²) in [6.07, 6.45) is 4.04. The van der Waals surface area contributed by atoms with Gasteiger partial charge in [0.2, 0.25) is 5.88 Å². The molecule has 0 aliphatic carbocycles. The number of nitrogens with zero attached hydrogens (tertiary/aromatic N) is 1. The van der Waals surface area contributed by atoms with Crippen molar-refractivity contribution >= 4 is 6.21 Å². The zero-order chi connectivity index (χ0) is 8.69. The smallest absolute Gasteiger partial charge is 0.211 e. The Morgan fingerprint density at radius 2 is 2.09 bits per heavy atom. The monoisotopic (exact) mass is 155 g/mol. The third-order valence-corrected chi connectivity index (χ3v) is 1.42. The number of rotatable bonds is 1. The lowest BCUT2D eigenvalue weighted by Gasteiger charge is -2.08. The van der Waals surface area contributed by atoms with Gasteiger partial charge < -0.3 is 4.74 Å². The molecule has 2 heteroatoms. The second kappa shape index (κ2) is 5.96. The normalized spacial score (nSPS) is 15.6. The van der Waals surface area contributed by atoms with Crippen molar-refractivity contribution in [1.82, 2.24) is 0 Å². The molecule has 0 N–H and O–H groups in total. The Morgan fingerprint density at radius 1 is 1.45 bits per heavy atom.